The van der Waals surface area contributed by atoms with Gasteiger partial charge in [-0.15, -0.1) is 0 Å². The SMILES string of the molecule is COc1cccc([C@H]2C(=C(O)c3ccccc3)C(=O)C(=O)N2c2cc(C)on2)c1OC. The molecule has 8 nitrogen and oxygen atoms in total. The summed E-state index contributed by atoms with van der Waals surface area (Å²) in [5.74, 6) is -0.588. The fraction of sp³-hybridized carbons (Fsp3) is 0.174. The second-order valence-electron chi connectivity index (χ2n) is 6.91. The van der Waals surface area contributed by atoms with E-state index in [1.165, 1.54) is 19.1 Å². The molecule has 8 heteroatoms. The zero-order valence-corrected chi connectivity index (χ0v) is 17.2. The average molecular weight is 420 g/mol. The Kier molecular flexibility index (Phi) is 5.21. The van der Waals surface area contributed by atoms with Crippen molar-refractivity contribution >= 4 is 23.3 Å². The predicted octanol–water partition coefficient (Wildman–Crippen LogP) is 3.63. The van der Waals surface area contributed by atoms with E-state index in [9.17, 15) is 14.7 Å². The van der Waals surface area contributed by atoms with Crippen molar-refractivity contribution in [1.29, 1.82) is 0 Å². The van der Waals surface area contributed by atoms with Crippen molar-refractivity contribution in [1.82, 2.24) is 5.16 Å². The van der Waals surface area contributed by atoms with Crippen LogP contribution in [0.4, 0.5) is 5.82 Å². The third kappa shape index (κ3) is 3.31. The number of aliphatic hydroxyl groups excluding tert-OH is 1. The lowest BCUT2D eigenvalue weighted by Crippen LogP contribution is -2.30. The number of hydrogen-bond acceptors (Lipinski definition) is 7. The van der Waals surface area contributed by atoms with Crippen molar-refractivity contribution in [3.05, 3.63) is 77.1 Å². The number of aromatic nitrogens is 1. The first-order valence-electron chi connectivity index (χ1n) is 9.48. The number of para-hydroxylation sites is 1. The molecular formula is C23H20N2O6. The molecular weight excluding hydrogens is 400 g/mol. The Morgan fingerprint density at radius 3 is 2.42 bits per heavy atom. The van der Waals surface area contributed by atoms with Crippen molar-refractivity contribution in [3.63, 3.8) is 0 Å². The van der Waals surface area contributed by atoms with Gasteiger partial charge in [-0.3, -0.25) is 14.5 Å². The van der Waals surface area contributed by atoms with Gasteiger partial charge in [-0.05, 0) is 13.0 Å². The highest BCUT2D eigenvalue weighted by atomic mass is 16.5. The summed E-state index contributed by atoms with van der Waals surface area (Å²) in [6.45, 7) is 1.68. The Balaban J connectivity index is 2.01. The van der Waals surface area contributed by atoms with Gasteiger partial charge in [0.2, 0.25) is 0 Å². The number of rotatable bonds is 5. The molecule has 1 aromatic heterocycles. The Bertz CT molecular complexity index is 1180. The number of aryl methyl sites for hydroxylation is 1. The van der Waals surface area contributed by atoms with Crippen LogP contribution in [0.15, 0.2) is 64.7 Å². The molecule has 1 fully saturated rings. The maximum atomic E-state index is 13.1. The number of carbonyl (C=O) groups is 2. The minimum absolute atomic E-state index is 0.0802. The highest BCUT2D eigenvalue weighted by Crippen LogP contribution is 2.46. The summed E-state index contributed by atoms with van der Waals surface area (Å²) in [5, 5.41) is 15.0. The number of Topliss-reactive ketones (excluding diaryl/α,β-unsaturated/α-hetero) is 1. The molecule has 1 aliphatic heterocycles. The number of anilines is 1. The highest BCUT2D eigenvalue weighted by Gasteiger charge is 2.49. The molecule has 1 atom stereocenters. The smallest absolute Gasteiger partial charge is 0.301 e. The van der Waals surface area contributed by atoms with E-state index in [2.05, 4.69) is 5.16 Å². The second kappa shape index (κ2) is 7.98. The van der Waals surface area contributed by atoms with Crippen molar-refractivity contribution in [2.45, 2.75) is 13.0 Å². The number of ether oxygens (including phenoxy) is 2. The molecule has 0 unspecified atom stereocenters. The summed E-state index contributed by atoms with van der Waals surface area (Å²) in [6.07, 6.45) is 0. The fourth-order valence-electron chi connectivity index (χ4n) is 3.71. The van der Waals surface area contributed by atoms with Gasteiger partial charge in [0.15, 0.2) is 17.3 Å². The first-order valence-corrected chi connectivity index (χ1v) is 9.48. The van der Waals surface area contributed by atoms with Gasteiger partial charge in [0.1, 0.15) is 17.6 Å². The number of methoxy groups -OCH3 is 2. The molecule has 1 amide bonds. The Labute approximate surface area is 178 Å². The lowest BCUT2D eigenvalue weighted by molar-refractivity contribution is -0.132. The lowest BCUT2D eigenvalue weighted by Gasteiger charge is -2.25. The van der Waals surface area contributed by atoms with E-state index in [4.69, 9.17) is 14.0 Å². The third-order valence-corrected chi connectivity index (χ3v) is 5.08. The average Bonchev–Trinajstić information content (AvgIpc) is 3.33. The molecule has 0 bridgehead atoms. The standard InChI is InChI=1S/C23H20N2O6/c1-13-12-17(24-31-13)25-19(15-10-7-11-16(29-2)22(15)30-3)18(21(27)23(25)28)20(26)14-8-5-4-6-9-14/h4-12,19,26H,1-3H3/t19-/m0/s1. The van der Waals surface area contributed by atoms with Crippen molar-refractivity contribution < 1.29 is 28.7 Å². The molecule has 1 N–H and O–H groups in total. The molecule has 4 rings (SSSR count). The van der Waals surface area contributed by atoms with Crippen molar-refractivity contribution in [2.75, 3.05) is 19.1 Å². The number of nitrogens with zero attached hydrogens (tertiary/aromatic N) is 2. The summed E-state index contributed by atoms with van der Waals surface area (Å²) in [4.78, 5) is 27.4. The minimum atomic E-state index is -1.00. The zero-order chi connectivity index (χ0) is 22.1. The van der Waals surface area contributed by atoms with Crippen LogP contribution in [0.5, 0.6) is 11.5 Å². The molecule has 1 saturated heterocycles. The van der Waals surface area contributed by atoms with Gasteiger partial charge < -0.3 is 19.1 Å². The number of benzene rings is 2. The van der Waals surface area contributed by atoms with Crippen LogP contribution in [0.25, 0.3) is 5.76 Å². The number of amides is 1. The lowest BCUT2D eigenvalue weighted by atomic mass is 9.94. The molecule has 31 heavy (non-hydrogen) atoms. The molecule has 2 aromatic carbocycles. The van der Waals surface area contributed by atoms with E-state index >= 15 is 0 Å². The maximum absolute atomic E-state index is 13.1. The number of ketones is 1. The molecule has 1 aliphatic rings. The van der Waals surface area contributed by atoms with Crippen LogP contribution < -0.4 is 14.4 Å². The summed E-state index contributed by atoms with van der Waals surface area (Å²) in [6, 6.07) is 14.2. The van der Waals surface area contributed by atoms with Crippen LogP contribution in [0.2, 0.25) is 0 Å². The molecule has 0 radical (unpaired) electrons. The third-order valence-electron chi connectivity index (χ3n) is 5.08. The zero-order valence-electron chi connectivity index (χ0n) is 17.2. The molecule has 0 aliphatic carbocycles. The number of hydrogen-bond donors (Lipinski definition) is 1. The Morgan fingerprint density at radius 1 is 1.06 bits per heavy atom. The highest BCUT2D eigenvalue weighted by molar-refractivity contribution is 6.51. The van der Waals surface area contributed by atoms with E-state index < -0.39 is 17.7 Å². The largest absolute Gasteiger partial charge is 0.507 e. The van der Waals surface area contributed by atoms with Gasteiger partial charge in [-0.25, -0.2) is 0 Å². The summed E-state index contributed by atoms with van der Waals surface area (Å²) in [5.41, 5.74) is 0.784. The topological polar surface area (TPSA) is 102 Å². The Morgan fingerprint density at radius 2 is 1.81 bits per heavy atom. The van der Waals surface area contributed by atoms with Crippen LogP contribution in [0, 0.1) is 6.92 Å². The summed E-state index contributed by atoms with van der Waals surface area (Å²) < 4.78 is 16.1. The van der Waals surface area contributed by atoms with Crippen LogP contribution in [-0.2, 0) is 9.59 Å². The molecule has 0 saturated carbocycles. The van der Waals surface area contributed by atoms with E-state index in [-0.39, 0.29) is 17.2 Å². The fourth-order valence-corrected chi connectivity index (χ4v) is 3.71. The molecule has 3 aromatic rings. The van der Waals surface area contributed by atoms with Crippen molar-refractivity contribution in [3.8, 4) is 11.5 Å². The monoisotopic (exact) mass is 420 g/mol. The molecule has 158 valence electrons. The van der Waals surface area contributed by atoms with Crippen molar-refractivity contribution in [2.24, 2.45) is 0 Å². The maximum Gasteiger partial charge on any atom is 0.301 e. The molecule has 2 heterocycles. The predicted molar refractivity (Wildman–Crippen MR) is 112 cm³/mol. The minimum Gasteiger partial charge on any atom is -0.507 e. The van der Waals surface area contributed by atoms with Crippen LogP contribution >= 0.6 is 0 Å². The van der Waals surface area contributed by atoms with Gasteiger partial charge in [-0.2, -0.15) is 0 Å². The van der Waals surface area contributed by atoms with E-state index in [1.807, 2.05) is 0 Å². The van der Waals surface area contributed by atoms with Gasteiger partial charge in [0.05, 0.1) is 19.8 Å². The van der Waals surface area contributed by atoms with Gasteiger partial charge in [0.25, 0.3) is 5.78 Å². The Hall–Kier alpha value is -4.07. The van der Waals surface area contributed by atoms with E-state index in [0.717, 1.165) is 0 Å². The van der Waals surface area contributed by atoms with Crippen LogP contribution in [0.1, 0.15) is 22.9 Å². The van der Waals surface area contributed by atoms with E-state index in [1.54, 1.807) is 61.5 Å². The van der Waals surface area contributed by atoms with Crippen LogP contribution in [-0.4, -0.2) is 36.2 Å². The summed E-state index contributed by atoms with van der Waals surface area (Å²) in [7, 11) is 2.95. The second-order valence-corrected chi connectivity index (χ2v) is 6.91. The normalized spacial score (nSPS) is 17.8. The van der Waals surface area contributed by atoms with Gasteiger partial charge in [0, 0.05) is 17.2 Å². The summed E-state index contributed by atoms with van der Waals surface area (Å²) >= 11 is 0. The van der Waals surface area contributed by atoms with Gasteiger partial charge >= 0.3 is 5.91 Å². The molecule has 0 spiro atoms. The first kappa shape index (κ1) is 20.2. The van der Waals surface area contributed by atoms with E-state index in [0.29, 0.717) is 28.4 Å². The van der Waals surface area contributed by atoms with Crippen LogP contribution in [0.3, 0.4) is 0 Å². The first-order chi connectivity index (χ1) is 15.0. The number of carbonyl (C=O) groups excluding carboxylic acids is 2. The van der Waals surface area contributed by atoms with Gasteiger partial charge in [-0.1, -0.05) is 47.6 Å². The number of aliphatic hydroxyl groups is 1. The quantitative estimate of drug-likeness (QED) is 0.382.